The first-order valence-electron chi connectivity index (χ1n) is 9.76. The van der Waals surface area contributed by atoms with E-state index in [4.69, 9.17) is 0 Å². The minimum absolute atomic E-state index is 0.0318. The van der Waals surface area contributed by atoms with Gasteiger partial charge in [0.1, 0.15) is 18.2 Å². The van der Waals surface area contributed by atoms with E-state index in [1.807, 2.05) is 30.3 Å². The Morgan fingerprint density at radius 3 is 2.29 bits per heavy atom. The molecule has 1 aliphatic heterocycles. The zero-order chi connectivity index (χ0) is 21.8. The van der Waals surface area contributed by atoms with Crippen molar-refractivity contribution in [2.24, 2.45) is 0 Å². The van der Waals surface area contributed by atoms with Crippen molar-refractivity contribution in [2.45, 2.75) is 17.4 Å². The highest BCUT2D eigenvalue weighted by Gasteiger charge is 2.33. The average molecular weight is 444 g/mol. The lowest BCUT2D eigenvalue weighted by Crippen LogP contribution is -2.52. The molecule has 1 fully saturated rings. The second-order valence-corrected chi connectivity index (χ2v) is 9.12. The van der Waals surface area contributed by atoms with Gasteiger partial charge in [-0.3, -0.25) is 4.79 Å². The van der Waals surface area contributed by atoms with E-state index in [-0.39, 0.29) is 37.0 Å². The molecule has 162 valence electrons. The Hall–Kier alpha value is -3.18. The summed E-state index contributed by atoms with van der Waals surface area (Å²) in [6.07, 6.45) is 1.82. The molecule has 31 heavy (non-hydrogen) atoms. The van der Waals surface area contributed by atoms with Crippen LogP contribution in [-0.2, 0) is 21.2 Å². The number of piperazine rings is 1. The lowest BCUT2D eigenvalue weighted by molar-refractivity contribution is -0.136. The molecule has 11 heteroatoms. The predicted octanol–water partition coefficient (Wildman–Crippen LogP) is 1.13. The Morgan fingerprint density at radius 1 is 1.00 bits per heavy atom. The van der Waals surface area contributed by atoms with E-state index in [0.717, 1.165) is 17.7 Å². The van der Waals surface area contributed by atoms with Crippen molar-refractivity contribution in [2.75, 3.05) is 26.2 Å². The van der Waals surface area contributed by atoms with Gasteiger partial charge in [0.2, 0.25) is 15.9 Å². The first kappa shape index (κ1) is 21.1. The average Bonchev–Trinajstić information content (AvgIpc) is 3.33. The summed E-state index contributed by atoms with van der Waals surface area (Å²) in [7, 11) is -3.75. The summed E-state index contributed by atoms with van der Waals surface area (Å²) < 4.78 is 41.5. The summed E-state index contributed by atoms with van der Waals surface area (Å²) >= 11 is 0. The van der Waals surface area contributed by atoms with E-state index in [1.165, 1.54) is 27.4 Å². The van der Waals surface area contributed by atoms with Crippen LogP contribution in [-0.4, -0.2) is 69.9 Å². The molecule has 0 bridgehead atoms. The third kappa shape index (κ3) is 4.62. The number of carbonyl (C=O) groups is 1. The molecule has 0 radical (unpaired) electrons. The fraction of sp³-hybridized carbons (Fsp3) is 0.300. The van der Waals surface area contributed by atoms with Gasteiger partial charge in [-0.25, -0.2) is 17.5 Å². The Morgan fingerprint density at radius 2 is 1.68 bits per heavy atom. The van der Waals surface area contributed by atoms with Crippen LogP contribution in [0.1, 0.15) is 11.6 Å². The van der Waals surface area contributed by atoms with E-state index in [1.54, 1.807) is 4.90 Å². The number of amides is 1. The summed E-state index contributed by atoms with van der Waals surface area (Å²) in [5, 5.41) is 11.2. The number of halogens is 1. The Balaban J connectivity index is 1.46. The highest BCUT2D eigenvalue weighted by Crippen LogP contribution is 2.21. The van der Waals surface area contributed by atoms with Crippen LogP contribution in [0.4, 0.5) is 4.39 Å². The van der Waals surface area contributed by atoms with Crippen LogP contribution in [0.5, 0.6) is 0 Å². The second kappa shape index (κ2) is 8.90. The number of nitrogens with zero attached hydrogens (tertiary/aromatic N) is 6. The van der Waals surface area contributed by atoms with Crippen LogP contribution in [0.2, 0.25) is 0 Å². The first-order valence-corrected chi connectivity index (χ1v) is 11.2. The number of benzene rings is 2. The van der Waals surface area contributed by atoms with Gasteiger partial charge in [-0.15, -0.1) is 5.10 Å². The number of sulfonamides is 1. The Kier molecular flexibility index (Phi) is 6.05. The number of tetrazole rings is 1. The molecule has 0 saturated carbocycles. The number of hydrogen-bond donors (Lipinski definition) is 0. The lowest BCUT2D eigenvalue weighted by Gasteiger charge is -2.35. The van der Waals surface area contributed by atoms with Gasteiger partial charge in [-0.1, -0.05) is 30.3 Å². The van der Waals surface area contributed by atoms with Gasteiger partial charge in [-0.2, -0.15) is 4.31 Å². The molecule has 0 aliphatic carbocycles. The smallest absolute Gasteiger partial charge is 0.248 e. The number of hydrogen-bond acceptors (Lipinski definition) is 6. The molecule has 0 N–H and O–H groups in total. The van der Waals surface area contributed by atoms with Gasteiger partial charge < -0.3 is 4.90 Å². The molecule has 1 saturated heterocycles. The van der Waals surface area contributed by atoms with E-state index in [9.17, 15) is 17.6 Å². The van der Waals surface area contributed by atoms with Crippen molar-refractivity contribution in [1.29, 1.82) is 0 Å². The van der Waals surface area contributed by atoms with Gasteiger partial charge in [0.25, 0.3) is 0 Å². The number of carbonyl (C=O) groups excluding carboxylic acids is 1. The van der Waals surface area contributed by atoms with Crippen molar-refractivity contribution in [3.63, 3.8) is 0 Å². The van der Waals surface area contributed by atoms with Crippen LogP contribution >= 0.6 is 0 Å². The maximum absolute atomic E-state index is 13.3. The SMILES string of the molecule is O=C(C(Cc1ccccc1)n1cnnn1)N1CCN(S(=O)(=O)c2ccc(F)cc2)CC1. The lowest BCUT2D eigenvalue weighted by atomic mass is 10.0. The molecule has 9 nitrogen and oxygen atoms in total. The third-order valence-electron chi connectivity index (χ3n) is 5.24. The predicted molar refractivity (Wildman–Crippen MR) is 109 cm³/mol. The van der Waals surface area contributed by atoms with Gasteiger partial charge >= 0.3 is 0 Å². The molecule has 0 spiro atoms. The van der Waals surface area contributed by atoms with E-state index >= 15 is 0 Å². The van der Waals surface area contributed by atoms with Gasteiger partial charge in [-0.05, 0) is 40.3 Å². The maximum atomic E-state index is 13.3. The van der Waals surface area contributed by atoms with Crippen LogP contribution < -0.4 is 0 Å². The number of rotatable bonds is 6. The fourth-order valence-electron chi connectivity index (χ4n) is 3.56. The van der Waals surface area contributed by atoms with Crippen molar-refractivity contribution in [1.82, 2.24) is 29.4 Å². The molecule has 1 aromatic heterocycles. The van der Waals surface area contributed by atoms with Crippen molar-refractivity contribution < 1.29 is 17.6 Å². The van der Waals surface area contributed by atoms with Crippen LogP contribution in [0, 0.1) is 5.82 Å². The van der Waals surface area contributed by atoms with Gasteiger partial charge in [0.05, 0.1) is 4.90 Å². The molecule has 2 aromatic carbocycles. The Bertz CT molecular complexity index is 1120. The van der Waals surface area contributed by atoms with E-state index < -0.39 is 21.9 Å². The second-order valence-electron chi connectivity index (χ2n) is 7.18. The minimum Gasteiger partial charge on any atom is -0.338 e. The summed E-state index contributed by atoms with van der Waals surface area (Å²) in [5.74, 6) is -0.670. The molecule has 1 atom stereocenters. The van der Waals surface area contributed by atoms with E-state index in [2.05, 4.69) is 15.5 Å². The summed E-state index contributed by atoms with van der Waals surface area (Å²) in [5.41, 5.74) is 0.967. The number of aromatic nitrogens is 4. The molecule has 2 heterocycles. The molecule has 1 unspecified atom stereocenters. The van der Waals surface area contributed by atoms with Crippen molar-refractivity contribution >= 4 is 15.9 Å². The first-order chi connectivity index (χ1) is 14.9. The summed E-state index contributed by atoms with van der Waals surface area (Å²) in [4.78, 5) is 14.9. The molecule has 1 aliphatic rings. The molecule has 1 amide bonds. The van der Waals surface area contributed by atoms with Gasteiger partial charge in [0, 0.05) is 32.6 Å². The van der Waals surface area contributed by atoms with Gasteiger partial charge in [0.15, 0.2) is 0 Å². The standard InChI is InChI=1S/C20H21FN6O3S/c21-17-6-8-18(9-7-17)31(29,30)26-12-10-25(11-13-26)20(28)19(27-15-22-23-24-27)14-16-4-2-1-3-5-16/h1-9,15,19H,10-14H2. The normalized spacial score (nSPS) is 16.2. The molecular weight excluding hydrogens is 423 g/mol. The largest absolute Gasteiger partial charge is 0.338 e. The highest BCUT2D eigenvalue weighted by molar-refractivity contribution is 7.89. The zero-order valence-corrected chi connectivity index (χ0v) is 17.4. The summed E-state index contributed by atoms with van der Waals surface area (Å²) in [6.45, 7) is 0.789. The minimum atomic E-state index is -3.75. The van der Waals surface area contributed by atoms with Crippen LogP contribution in [0.3, 0.4) is 0 Å². The third-order valence-corrected chi connectivity index (χ3v) is 7.16. The maximum Gasteiger partial charge on any atom is 0.248 e. The topological polar surface area (TPSA) is 101 Å². The Labute approximate surface area is 179 Å². The monoisotopic (exact) mass is 444 g/mol. The zero-order valence-electron chi connectivity index (χ0n) is 16.6. The van der Waals surface area contributed by atoms with E-state index in [0.29, 0.717) is 6.42 Å². The van der Waals surface area contributed by atoms with Crippen LogP contribution in [0.25, 0.3) is 0 Å². The molecule has 4 rings (SSSR count). The summed E-state index contributed by atoms with van der Waals surface area (Å²) in [6, 6.07) is 13.7. The highest BCUT2D eigenvalue weighted by atomic mass is 32.2. The molecule has 3 aromatic rings. The quantitative estimate of drug-likeness (QED) is 0.565. The van der Waals surface area contributed by atoms with Crippen LogP contribution in [0.15, 0.2) is 65.8 Å². The fourth-order valence-corrected chi connectivity index (χ4v) is 4.98. The van der Waals surface area contributed by atoms with Crippen molar-refractivity contribution in [3.8, 4) is 0 Å². The van der Waals surface area contributed by atoms with Crippen molar-refractivity contribution in [3.05, 3.63) is 72.3 Å². The molecular formula is C20H21FN6O3S.